The van der Waals surface area contributed by atoms with Gasteiger partial charge in [-0.1, -0.05) is 17.7 Å². The standard InChI is InChI=1S/C28H25ClF4N4O4/c1-41-23-10-20(21(31)12-34-23)28(40)19-7-4-16(30)9-22(19)37(27(28)39)13-14-2-5-17(6-3-14)36-26(38)18-8-15(29)11-35-24(18)25(32)33/h4,7-12,14,17,25,40H,2-3,5-6,13H2,1H3,(H,36,38)/t14-,17-,28?. The van der Waals surface area contributed by atoms with Crippen molar-refractivity contribution in [3.63, 3.8) is 0 Å². The zero-order valence-corrected chi connectivity index (χ0v) is 22.5. The van der Waals surface area contributed by atoms with Crippen molar-refractivity contribution in [2.45, 2.75) is 43.8 Å². The van der Waals surface area contributed by atoms with E-state index in [1.165, 1.54) is 18.1 Å². The molecule has 41 heavy (non-hydrogen) atoms. The van der Waals surface area contributed by atoms with Crippen LogP contribution in [0.3, 0.4) is 0 Å². The summed E-state index contributed by atoms with van der Waals surface area (Å²) in [4.78, 5) is 35.0. The second kappa shape index (κ2) is 11.2. The van der Waals surface area contributed by atoms with Gasteiger partial charge in [0.25, 0.3) is 18.2 Å². The van der Waals surface area contributed by atoms with Gasteiger partial charge in [0.15, 0.2) is 5.60 Å². The van der Waals surface area contributed by atoms with Crippen molar-refractivity contribution in [1.82, 2.24) is 15.3 Å². The molecule has 3 heterocycles. The van der Waals surface area contributed by atoms with Gasteiger partial charge in [-0.15, -0.1) is 0 Å². The molecule has 1 fully saturated rings. The van der Waals surface area contributed by atoms with E-state index in [-0.39, 0.29) is 51.8 Å². The number of carbonyl (C=O) groups excluding carboxylic acids is 2. The van der Waals surface area contributed by atoms with Crippen LogP contribution in [0.4, 0.5) is 23.2 Å². The van der Waals surface area contributed by atoms with E-state index in [9.17, 15) is 32.3 Å². The first-order valence-electron chi connectivity index (χ1n) is 12.8. The molecule has 2 aliphatic rings. The summed E-state index contributed by atoms with van der Waals surface area (Å²) in [6, 6.07) is 5.41. The normalized spacial score (nSPS) is 22.1. The minimum atomic E-state index is -2.95. The first-order chi connectivity index (χ1) is 19.5. The lowest BCUT2D eigenvalue weighted by molar-refractivity contribution is -0.132. The minimum Gasteiger partial charge on any atom is -0.481 e. The number of aliphatic hydroxyl groups is 1. The molecule has 1 aliphatic carbocycles. The number of alkyl halides is 2. The number of carbonyl (C=O) groups is 2. The molecular formula is C28H25ClF4N4O4. The third-order valence-electron chi connectivity index (χ3n) is 7.58. The van der Waals surface area contributed by atoms with Crippen LogP contribution in [0, 0.1) is 17.6 Å². The van der Waals surface area contributed by atoms with Crippen molar-refractivity contribution in [3.8, 4) is 5.88 Å². The van der Waals surface area contributed by atoms with Gasteiger partial charge in [-0.3, -0.25) is 14.6 Å². The highest BCUT2D eigenvalue weighted by molar-refractivity contribution is 6.30. The number of ether oxygens (including phenoxy) is 1. The van der Waals surface area contributed by atoms with Crippen LogP contribution in [0.15, 0.2) is 42.7 Å². The van der Waals surface area contributed by atoms with E-state index in [4.69, 9.17) is 16.3 Å². The van der Waals surface area contributed by atoms with Crippen molar-refractivity contribution < 1.29 is 37.0 Å². The van der Waals surface area contributed by atoms with Gasteiger partial charge >= 0.3 is 0 Å². The zero-order valence-electron chi connectivity index (χ0n) is 21.7. The Bertz CT molecular complexity index is 1500. The lowest BCUT2D eigenvalue weighted by atomic mass is 9.85. The van der Waals surface area contributed by atoms with Gasteiger partial charge in [-0.25, -0.2) is 22.5 Å². The van der Waals surface area contributed by atoms with E-state index in [1.807, 2.05) is 0 Å². The molecular weight excluding hydrogens is 568 g/mol. The molecule has 2 N–H and O–H groups in total. The molecule has 5 rings (SSSR count). The Kier molecular flexibility index (Phi) is 7.89. The minimum absolute atomic E-state index is 0.0145. The molecule has 1 unspecified atom stereocenters. The highest BCUT2D eigenvalue weighted by atomic mass is 35.5. The fourth-order valence-corrected chi connectivity index (χ4v) is 5.68. The first kappa shape index (κ1) is 28.7. The van der Waals surface area contributed by atoms with Gasteiger partial charge in [-0.2, -0.15) is 0 Å². The third kappa shape index (κ3) is 5.33. The quantitative estimate of drug-likeness (QED) is 0.377. The van der Waals surface area contributed by atoms with Crippen molar-refractivity contribution in [3.05, 3.63) is 81.8 Å². The Morgan fingerprint density at radius 3 is 2.56 bits per heavy atom. The molecule has 1 aliphatic heterocycles. The van der Waals surface area contributed by atoms with Gasteiger partial charge in [0.05, 0.1) is 29.6 Å². The van der Waals surface area contributed by atoms with Gasteiger partial charge in [0, 0.05) is 36.0 Å². The summed E-state index contributed by atoms with van der Waals surface area (Å²) < 4.78 is 60.9. The predicted octanol–water partition coefficient (Wildman–Crippen LogP) is 4.93. The average Bonchev–Trinajstić information content (AvgIpc) is 3.15. The predicted molar refractivity (Wildman–Crippen MR) is 140 cm³/mol. The molecule has 1 saturated carbocycles. The maximum atomic E-state index is 14.9. The summed E-state index contributed by atoms with van der Waals surface area (Å²) in [5, 5.41) is 14.5. The lowest BCUT2D eigenvalue weighted by Gasteiger charge is -2.32. The zero-order chi connectivity index (χ0) is 29.5. The number of methoxy groups -OCH3 is 1. The fourth-order valence-electron chi connectivity index (χ4n) is 5.52. The number of nitrogens with one attached hydrogen (secondary N) is 1. The number of halogens is 5. The smallest absolute Gasteiger partial charge is 0.281 e. The maximum Gasteiger partial charge on any atom is 0.281 e. The average molecular weight is 593 g/mol. The Balaban J connectivity index is 1.32. The summed E-state index contributed by atoms with van der Waals surface area (Å²) in [6.07, 6.45) is 0.963. The monoisotopic (exact) mass is 592 g/mol. The van der Waals surface area contributed by atoms with Gasteiger partial charge in [-0.05, 0) is 49.8 Å². The number of hydrogen-bond donors (Lipinski definition) is 2. The molecule has 0 spiro atoms. The van der Waals surface area contributed by atoms with Crippen LogP contribution in [0.2, 0.25) is 5.02 Å². The molecule has 0 radical (unpaired) electrons. The number of rotatable bonds is 7. The van der Waals surface area contributed by atoms with Crippen LogP contribution >= 0.6 is 11.6 Å². The van der Waals surface area contributed by atoms with Crippen LogP contribution in [0.5, 0.6) is 5.88 Å². The number of pyridine rings is 2. The van der Waals surface area contributed by atoms with Crippen molar-refractivity contribution in [1.29, 1.82) is 0 Å². The number of nitrogens with zero attached hydrogens (tertiary/aromatic N) is 3. The number of benzene rings is 1. The van der Waals surface area contributed by atoms with Crippen LogP contribution in [-0.4, -0.2) is 46.6 Å². The van der Waals surface area contributed by atoms with E-state index >= 15 is 0 Å². The Morgan fingerprint density at radius 2 is 1.88 bits per heavy atom. The number of hydrogen-bond acceptors (Lipinski definition) is 6. The van der Waals surface area contributed by atoms with E-state index in [2.05, 4.69) is 15.3 Å². The summed E-state index contributed by atoms with van der Waals surface area (Å²) >= 11 is 5.86. The molecule has 0 bridgehead atoms. The molecule has 3 aromatic rings. The Hall–Kier alpha value is -3.77. The number of anilines is 1. The van der Waals surface area contributed by atoms with Crippen LogP contribution in [0.1, 0.15) is 59.3 Å². The highest BCUT2D eigenvalue weighted by Gasteiger charge is 2.53. The maximum absolute atomic E-state index is 14.9. The van der Waals surface area contributed by atoms with Gasteiger partial charge in [0.2, 0.25) is 5.88 Å². The number of aromatic nitrogens is 2. The lowest BCUT2D eigenvalue weighted by Crippen LogP contribution is -2.45. The van der Waals surface area contributed by atoms with Crippen LogP contribution in [-0.2, 0) is 10.4 Å². The highest BCUT2D eigenvalue weighted by Crippen LogP contribution is 2.46. The van der Waals surface area contributed by atoms with Gasteiger partial charge < -0.3 is 20.1 Å². The van der Waals surface area contributed by atoms with Crippen molar-refractivity contribution in [2.24, 2.45) is 5.92 Å². The number of amides is 2. The third-order valence-corrected chi connectivity index (χ3v) is 7.79. The molecule has 216 valence electrons. The fraction of sp³-hybridized carbons (Fsp3) is 0.357. The second-order valence-corrected chi connectivity index (χ2v) is 10.5. The van der Waals surface area contributed by atoms with E-state index < -0.39 is 41.2 Å². The van der Waals surface area contributed by atoms with Gasteiger partial charge in [0.1, 0.15) is 17.3 Å². The Morgan fingerprint density at radius 1 is 1.15 bits per heavy atom. The largest absolute Gasteiger partial charge is 0.481 e. The SMILES string of the molecule is COc1cc(C2(O)C(=O)N(C[C@H]3CC[C@H](NC(=O)c4cc(Cl)cnc4C(F)F)CC3)c3cc(F)ccc32)c(F)cn1. The van der Waals surface area contributed by atoms with E-state index in [0.29, 0.717) is 25.7 Å². The van der Waals surface area contributed by atoms with Crippen molar-refractivity contribution in [2.75, 3.05) is 18.6 Å². The first-order valence-corrected chi connectivity index (χ1v) is 13.2. The molecule has 2 amide bonds. The summed E-state index contributed by atoms with van der Waals surface area (Å²) in [5.74, 6) is -3.24. The Labute approximate surface area is 237 Å². The summed E-state index contributed by atoms with van der Waals surface area (Å²) in [5.41, 5.74) is -3.60. The number of fused-ring (bicyclic) bond motifs is 1. The molecule has 2 aromatic heterocycles. The topological polar surface area (TPSA) is 105 Å². The molecule has 1 atom stereocenters. The summed E-state index contributed by atoms with van der Waals surface area (Å²) in [6.45, 7) is 0.107. The van der Waals surface area contributed by atoms with E-state index in [1.54, 1.807) is 0 Å². The van der Waals surface area contributed by atoms with Crippen LogP contribution in [0.25, 0.3) is 0 Å². The van der Waals surface area contributed by atoms with E-state index in [0.717, 1.165) is 36.7 Å². The molecule has 8 nitrogen and oxygen atoms in total. The molecule has 1 aromatic carbocycles. The molecule has 13 heteroatoms. The molecule has 0 saturated heterocycles. The summed E-state index contributed by atoms with van der Waals surface area (Å²) in [7, 11) is 1.31. The second-order valence-electron chi connectivity index (χ2n) is 10.1. The van der Waals surface area contributed by atoms with Crippen LogP contribution < -0.4 is 15.0 Å². The van der Waals surface area contributed by atoms with Crippen molar-refractivity contribution >= 4 is 29.1 Å².